The molecule has 0 heterocycles. The first-order valence-electron chi connectivity index (χ1n) is 13.3. The van der Waals surface area contributed by atoms with Gasteiger partial charge in [-0.25, -0.2) is 0 Å². The minimum Gasteiger partial charge on any atom is -0.100 e. The predicted octanol–water partition coefficient (Wildman–Crippen LogP) is 12.1. The summed E-state index contributed by atoms with van der Waals surface area (Å²) in [7, 11) is 0. The number of hydrogen-bond donors (Lipinski definition) is 0. The third-order valence-electron chi connectivity index (χ3n) is 6.95. The molecular weight excluding hydrogens is 360 g/mol. The quantitative estimate of drug-likeness (QED) is 0.337. The molecule has 0 unspecified atom stereocenters. The van der Waals surface area contributed by atoms with E-state index in [2.05, 4.69) is 110 Å². The molecule has 30 heavy (non-hydrogen) atoms. The molecule has 188 valence electrons. The molecule has 0 aliphatic rings. The summed E-state index contributed by atoms with van der Waals surface area (Å²) in [5.74, 6) is 1.70. The number of allylic oxidation sites excluding steroid dienone is 1. The molecular formula is C30H68. The van der Waals surface area contributed by atoms with E-state index in [0.717, 1.165) is 18.3 Å². The van der Waals surface area contributed by atoms with E-state index in [-0.39, 0.29) is 0 Å². The molecule has 0 fully saturated rings. The Morgan fingerprint density at radius 1 is 0.667 bits per heavy atom. The molecule has 0 atom stereocenters. The van der Waals surface area contributed by atoms with Gasteiger partial charge in [0.2, 0.25) is 0 Å². The summed E-state index contributed by atoms with van der Waals surface area (Å²) in [6.07, 6.45) is 10.3. The van der Waals surface area contributed by atoms with Gasteiger partial charge in [-0.2, -0.15) is 0 Å². The summed E-state index contributed by atoms with van der Waals surface area (Å²) in [5, 5.41) is 0. The van der Waals surface area contributed by atoms with Crippen molar-refractivity contribution >= 4 is 0 Å². The van der Waals surface area contributed by atoms with Crippen LogP contribution in [0.5, 0.6) is 0 Å². The highest BCUT2D eigenvalue weighted by molar-refractivity contribution is 4.84. The zero-order chi connectivity index (χ0) is 25.4. The summed E-state index contributed by atoms with van der Waals surface area (Å²) in [5.41, 5.74) is 2.42. The molecule has 0 saturated heterocycles. The molecule has 0 aliphatic carbocycles. The van der Waals surface area contributed by atoms with Crippen molar-refractivity contribution in [2.75, 3.05) is 0 Å². The van der Waals surface area contributed by atoms with E-state index in [0.29, 0.717) is 10.8 Å². The molecule has 0 rings (SSSR count). The van der Waals surface area contributed by atoms with Crippen LogP contribution in [0.25, 0.3) is 0 Å². The average Bonchev–Trinajstić information content (AvgIpc) is 2.74. The molecule has 0 radical (unpaired) electrons. The standard InChI is InChI=1S/2C8H18.C5H12.C5H10.C4H10/c1-6-8(4,5)7(2)3;1-5-8(4,6-2)7-3;2*1-4-5(2)3;1-3-4-2/h7H,6H2,1-5H3;5-7H2,1-4H3;5H,4H2,1-3H3;2,4H2,1,3H3;3-4H2,1-2H3. The summed E-state index contributed by atoms with van der Waals surface area (Å²) in [6, 6.07) is 0. The maximum Gasteiger partial charge on any atom is -0.0334 e. The van der Waals surface area contributed by atoms with Crippen molar-refractivity contribution in [1.82, 2.24) is 0 Å². The minimum atomic E-state index is 0.542. The van der Waals surface area contributed by atoms with Crippen molar-refractivity contribution in [3.05, 3.63) is 12.2 Å². The van der Waals surface area contributed by atoms with Crippen LogP contribution in [0, 0.1) is 22.7 Å². The van der Waals surface area contributed by atoms with Gasteiger partial charge in [0.25, 0.3) is 0 Å². The van der Waals surface area contributed by atoms with Gasteiger partial charge in [0.15, 0.2) is 0 Å². The Morgan fingerprint density at radius 2 is 0.933 bits per heavy atom. The summed E-state index contributed by atoms with van der Waals surface area (Å²) >= 11 is 0. The molecule has 0 N–H and O–H groups in total. The van der Waals surface area contributed by atoms with Gasteiger partial charge in [-0.05, 0) is 36.0 Å². The Labute approximate surface area is 197 Å². The van der Waals surface area contributed by atoms with E-state index in [4.69, 9.17) is 0 Å². The Morgan fingerprint density at radius 3 is 0.933 bits per heavy atom. The third kappa shape index (κ3) is 38.4. The lowest BCUT2D eigenvalue weighted by atomic mass is 9.79. The lowest BCUT2D eigenvalue weighted by Crippen LogP contribution is -2.17. The molecule has 0 amide bonds. The molecule has 0 aromatic carbocycles. The molecule has 0 spiro atoms. The highest BCUT2D eigenvalue weighted by Gasteiger charge is 2.18. The summed E-state index contributed by atoms with van der Waals surface area (Å²) < 4.78 is 0. The summed E-state index contributed by atoms with van der Waals surface area (Å²) in [4.78, 5) is 0. The number of rotatable bonds is 8. The fraction of sp³-hybridized carbons (Fsp3) is 0.933. The van der Waals surface area contributed by atoms with Gasteiger partial charge >= 0.3 is 0 Å². The van der Waals surface area contributed by atoms with Crippen molar-refractivity contribution in [3.8, 4) is 0 Å². The SMILES string of the molecule is C=C(C)CC.CCC(C)(C)C(C)C.CCC(C)(CC)CC.CCC(C)C.CCCC. The van der Waals surface area contributed by atoms with Crippen molar-refractivity contribution in [1.29, 1.82) is 0 Å². The van der Waals surface area contributed by atoms with Crippen LogP contribution in [0.3, 0.4) is 0 Å². The van der Waals surface area contributed by atoms with E-state index in [1.54, 1.807) is 0 Å². The van der Waals surface area contributed by atoms with E-state index in [9.17, 15) is 0 Å². The second-order valence-electron chi connectivity index (χ2n) is 10.5. The van der Waals surface area contributed by atoms with Crippen LogP contribution < -0.4 is 0 Å². The lowest BCUT2D eigenvalue weighted by molar-refractivity contribution is 0.240. The van der Waals surface area contributed by atoms with Gasteiger partial charge in [0, 0.05) is 0 Å². The van der Waals surface area contributed by atoms with E-state index in [1.165, 1.54) is 50.5 Å². The van der Waals surface area contributed by atoms with Crippen molar-refractivity contribution < 1.29 is 0 Å². The predicted molar refractivity (Wildman–Crippen MR) is 149 cm³/mol. The van der Waals surface area contributed by atoms with Crippen LogP contribution >= 0.6 is 0 Å². The Balaban J connectivity index is -0.0000000893. The molecule has 0 nitrogen and oxygen atoms in total. The molecule has 0 aromatic rings. The Bertz CT molecular complexity index is 284. The van der Waals surface area contributed by atoms with Gasteiger partial charge in [-0.15, -0.1) is 6.58 Å². The van der Waals surface area contributed by atoms with Crippen LogP contribution in [-0.4, -0.2) is 0 Å². The van der Waals surface area contributed by atoms with Gasteiger partial charge in [-0.1, -0.05) is 154 Å². The fourth-order valence-corrected chi connectivity index (χ4v) is 1.16. The van der Waals surface area contributed by atoms with Crippen molar-refractivity contribution in [2.45, 2.75) is 162 Å². The first kappa shape index (κ1) is 40.1. The normalized spacial score (nSPS) is 10.5. The van der Waals surface area contributed by atoms with Crippen molar-refractivity contribution in [3.63, 3.8) is 0 Å². The largest absolute Gasteiger partial charge is 0.100 e. The van der Waals surface area contributed by atoms with Crippen LogP contribution in [0.4, 0.5) is 0 Å². The highest BCUT2D eigenvalue weighted by atomic mass is 14.2. The molecule has 0 heteroatoms. The van der Waals surface area contributed by atoms with Crippen molar-refractivity contribution in [2.24, 2.45) is 22.7 Å². The number of unbranched alkanes of at least 4 members (excludes halogenated alkanes) is 1. The average molecular weight is 429 g/mol. The van der Waals surface area contributed by atoms with Gasteiger partial charge in [0.1, 0.15) is 0 Å². The van der Waals surface area contributed by atoms with Crippen LogP contribution in [0.1, 0.15) is 162 Å². The molecule has 0 aliphatic heterocycles. The first-order chi connectivity index (χ1) is 13.6. The second-order valence-corrected chi connectivity index (χ2v) is 10.5. The van der Waals surface area contributed by atoms with Gasteiger partial charge < -0.3 is 0 Å². The topological polar surface area (TPSA) is 0 Å². The zero-order valence-corrected chi connectivity index (χ0v) is 25.0. The maximum atomic E-state index is 3.67. The van der Waals surface area contributed by atoms with Crippen LogP contribution in [0.15, 0.2) is 12.2 Å². The van der Waals surface area contributed by atoms with Crippen LogP contribution in [0.2, 0.25) is 0 Å². The summed E-state index contributed by atoms with van der Waals surface area (Å²) in [6.45, 7) is 39.4. The lowest BCUT2D eigenvalue weighted by Gasteiger charge is -2.27. The fourth-order valence-electron chi connectivity index (χ4n) is 1.16. The molecule has 0 bridgehead atoms. The van der Waals surface area contributed by atoms with Crippen LogP contribution in [-0.2, 0) is 0 Å². The van der Waals surface area contributed by atoms with Gasteiger partial charge in [0.05, 0.1) is 0 Å². The molecule has 0 saturated carbocycles. The van der Waals surface area contributed by atoms with E-state index in [1.807, 2.05) is 6.92 Å². The maximum absolute atomic E-state index is 3.67. The minimum absolute atomic E-state index is 0.542. The highest BCUT2D eigenvalue weighted by Crippen LogP contribution is 2.29. The monoisotopic (exact) mass is 429 g/mol. The van der Waals surface area contributed by atoms with E-state index >= 15 is 0 Å². The van der Waals surface area contributed by atoms with E-state index < -0.39 is 0 Å². The Hall–Kier alpha value is -0.260. The zero-order valence-electron chi connectivity index (χ0n) is 25.0. The number of hydrogen-bond acceptors (Lipinski definition) is 0. The molecule has 0 aromatic heterocycles. The van der Waals surface area contributed by atoms with Gasteiger partial charge in [-0.3, -0.25) is 0 Å². The Kier molecular flexibility index (Phi) is 35.8. The third-order valence-corrected chi connectivity index (χ3v) is 6.95. The second kappa shape index (κ2) is 26.8. The first-order valence-corrected chi connectivity index (χ1v) is 13.3. The smallest absolute Gasteiger partial charge is 0.0334 e.